The van der Waals surface area contributed by atoms with E-state index in [4.69, 9.17) is 0 Å². The van der Waals surface area contributed by atoms with Gasteiger partial charge in [0, 0.05) is 25.3 Å². The van der Waals surface area contributed by atoms with Gasteiger partial charge in [-0.05, 0) is 35.7 Å². The minimum Gasteiger partial charge on any atom is -0.328 e. The first-order valence-corrected chi connectivity index (χ1v) is 8.32. The molecule has 0 saturated heterocycles. The molecule has 0 aromatic heterocycles. The van der Waals surface area contributed by atoms with E-state index < -0.39 is 5.69 Å². The molecule has 0 bridgehead atoms. The maximum absolute atomic E-state index is 12.4. The summed E-state index contributed by atoms with van der Waals surface area (Å²) in [5, 5.41) is 3.66. The van der Waals surface area contributed by atoms with Crippen molar-refractivity contribution in [3.63, 3.8) is 0 Å². The van der Waals surface area contributed by atoms with Gasteiger partial charge in [0.05, 0.1) is 11.1 Å². The van der Waals surface area contributed by atoms with Crippen LogP contribution in [0.2, 0.25) is 0 Å². The highest BCUT2D eigenvalue weighted by Gasteiger charge is 2.17. The summed E-state index contributed by atoms with van der Waals surface area (Å²) in [5.74, 6) is 0.0920. The van der Waals surface area contributed by atoms with Crippen LogP contribution in [0.25, 0.3) is 22.3 Å². The Morgan fingerprint density at radius 2 is 1.70 bits per heavy atom. The Morgan fingerprint density at radius 3 is 2.44 bits per heavy atom. The molecule has 27 heavy (non-hydrogen) atoms. The van der Waals surface area contributed by atoms with E-state index in [0.717, 1.165) is 15.5 Å². The number of aryl methyl sites for hydroxylation is 1. The van der Waals surface area contributed by atoms with E-state index in [9.17, 15) is 14.4 Å². The molecule has 2 aromatic rings. The van der Waals surface area contributed by atoms with E-state index in [1.54, 1.807) is 54.1 Å². The molecule has 2 aliphatic rings. The van der Waals surface area contributed by atoms with Crippen LogP contribution in [0.15, 0.2) is 64.2 Å². The molecule has 2 aromatic carbocycles. The molecule has 0 spiro atoms. The van der Waals surface area contributed by atoms with Gasteiger partial charge >= 0.3 is 5.69 Å². The summed E-state index contributed by atoms with van der Waals surface area (Å²) < 4.78 is 2.67. The van der Waals surface area contributed by atoms with Crippen molar-refractivity contribution < 1.29 is 4.79 Å². The molecule has 1 N–H and O–H groups in total. The summed E-state index contributed by atoms with van der Waals surface area (Å²) in [4.78, 5) is 40.6. The van der Waals surface area contributed by atoms with Crippen LogP contribution in [-0.2, 0) is 14.1 Å². The third kappa shape index (κ3) is 2.79. The Labute approximate surface area is 153 Å². The molecular weight excluding hydrogens is 344 g/mol. The van der Waals surface area contributed by atoms with Crippen molar-refractivity contribution in [2.45, 2.75) is 0 Å². The summed E-state index contributed by atoms with van der Waals surface area (Å²) in [6.07, 6.45) is 0. The average molecular weight is 360 g/mol. The maximum atomic E-state index is 12.4. The van der Waals surface area contributed by atoms with Crippen molar-refractivity contribution in [2.24, 2.45) is 14.1 Å². The van der Waals surface area contributed by atoms with Gasteiger partial charge in [-0.1, -0.05) is 24.3 Å². The number of hydrogen-bond acceptors (Lipinski definition) is 4. The first-order valence-electron chi connectivity index (χ1n) is 8.32. The third-order valence-corrected chi connectivity index (χ3v) is 4.57. The Hall–Kier alpha value is -3.74. The van der Waals surface area contributed by atoms with Gasteiger partial charge in [-0.2, -0.15) is 4.98 Å². The molecule has 134 valence electrons. The first kappa shape index (κ1) is 16.7. The second kappa shape index (κ2) is 6.21. The van der Waals surface area contributed by atoms with Crippen LogP contribution >= 0.6 is 0 Å². The van der Waals surface area contributed by atoms with E-state index in [0.29, 0.717) is 22.6 Å². The Balaban J connectivity index is 1.84. The van der Waals surface area contributed by atoms with Crippen LogP contribution in [0.5, 0.6) is 0 Å². The highest BCUT2D eigenvalue weighted by molar-refractivity contribution is 6.05. The van der Waals surface area contributed by atoms with Crippen molar-refractivity contribution in [3.05, 3.63) is 81.0 Å². The summed E-state index contributed by atoms with van der Waals surface area (Å²) >= 11 is 0. The van der Waals surface area contributed by atoms with Crippen molar-refractivity contribution >= 4 is 22.5 Å². The Kier molecular flexibility index (Phi) is 3.84. The monoisotopic (exact) mass is 360 g/mol. The quantitative estimate of drug-likeness (QED) is 0.554. The third-order valence-electron chi connectivity index (χ3n) is 4.57. The van der Waals surface area contributed by atoms with Gasteiger partial charge in [-0.25, -0.2) is 4.79 Å². The molecule has 7 heteroatoms. The predicted molar refractivity (Wildman–Crippen MR) is 103 cm³/mol. The fraction of sp³-hybridized carbons (Fsp3) is 0.100. The highest BCUT2D eigenvalue weighted by atomic mass is 16.2. The number of rotatable bonds is 2. The van der Waals surface area contributed by atoms with Crippen LogP contribution in [0.4, 0.5) is 5.69 Å². The largest absolute Gasteiger partial charge is 0.352 e. The van der Waals surface area contributed by atoms with E-state index in [1.165, 1.54) is 7.05 Å². The van der Waals surface area contributed by atoms with Crippen LogP contribution < -0.4 is 16.6 Å². The number of carbonyl (C=O) groups excluding carboxylic acids is 1. The lowest BCUT2D eigenvalue weighted by Crippen LogP contribution is -2.35. The topological polar surface area (TPSA) is 86.0 Å². The maximum Gasteiger partial charge on any atom is 0.352 e. The zero-order chi connectivity index (χ0) is 19.1. The summed E-state index contributed by atoms with van der Waals surface area (Å²) in [5.41, 5.74) is 1.29. The number of anilines is 1. The summed E-state index contributed by atoms with van der Waals surface area (Å²) in [6.45, 7) is 0. The Bertz CT molecular complexity index is 1270. The smallest absolute Gasteiger partial charge is 0.328 e. The molecule has 2 aliphatic heterocycles. The van der Waals surface area contributed by atoms with Crippen LogP contribution in [0.1, 0.15) is 10.4 Å². The van der Waals surface area contributed by atoms with Gasteiger partial charge in [0.15, 0.2) is 5.82 Å². The molecule has 0 saturated carbocycles. The number of fused-ring (bicyclic) bond motifs is 2. The van der Waals surface area contributed by atoms with Crippen molar-refractivity contribution in [3.8, 4) is 11.4 Å². The number of carbonyl (C=O) groups is 1. The minimum absolute atomic E-state index is 0.216. The molecule has 0 unspecified atom stereocenters. The standard InChI is InChI=1S/C20H16N4O3/c1-23-16-11-14(21-18(25)12-6-4-3-5-7-12)9-8-13(16)10-15-17(23)22-20(27)24(2)19(15)26/h3-11H,1-2H3,(H,21,25). The molecule has 0 atom stereocenters. The van der Waals surface area contributed by atoms with Gasteiger partial charge < -0.3 is 9.88 Å². The highest BCUT2D eigenvalue weighted by Crippen LogP contribution is 2.25. The fourth-order valence-electron chi connectivity index (χ4n) is 3.07. The van der Waals surface area contributed by atoms with Crippen LogP contribution in [0, 0.1) is 0 Å². The molecule has 4 rings (SSSR count). The van der Waals surface area contributed by atoms with E-state index in [1.807, 2.05) is 12.1 Å². The Morgan fingerprint density at radius 1 is 0.963 bits per heavy atom. The summed E-state index contributed by atoms with van der Waals surface area (Å²) in [7, 11) is 3.14. The number of benzene rings is 2. The second-order valence-electron chi connectivity index (χ2n) is 6.29. The number of hydrogen-bond donors (Lipinski definition) is 1. The number of nitrogens with one attached hydrogen (secondary N) is 1. The molecule has 1 amide bonds. The minimum atomic E-state index is -0.601. The van der Waals surface area contributed by atoms with E-state index in [2.05, 4.69) is 10.3 Å². The van der Waals surface area contributed by atoms with Crippen LogP contribution in [0.3, 0.4) is 0 Å². The lowest BCUT2D eigenvalue weighted by Gasteiger charge is -2.15. The number of pyridine rings is 1. The lowest BCUT2D eigenvalue weighted by atomic mass is 10.1. The lowest BCUT2D eigenvalue weighted by molar-refractivity contribution is 0.102. The van der Waals surface area contributed by atoms with Crippen LogP contribution in [-0.4, -0.2) is 20.0 Å². The molecule has 0 radical (unpaired) electrons. The second-order valence-corrected chi connectivity index (χ2v) is 6.29. The first-order chi connectivity index (χ1) is 13.0. The average Bonchev–Trinajstić information content (AvgIpc) is 2.68. The predicted octanol–water partition coefficient (Wildman–Crippen LogP) is 1.99. The molecule has 2 heterocycles. The van der Waals surface area contributed by atoms with Crippen molar-refractivity contribution in [1.29, 1.82) is 0 Å². The van der Waals surface area contributed by atoms with Gasteiger partial charge in [-0.3, -0.25) is 14.2 Å². The number of nitrogens with zero attached hydrogens (tertiary/aromatic N) is 3. The van der Waals surface area contributed by atoms with E-state index >= 15 is 0 Å². The van der Waals surface area contributed by atoms with Gasteiger partial charge in [-0.15, -0.1) is 0 Å². The van der Waals surface area contributed by atoms with E-state index in [-0.39, 0.29) is 11.5 Å². The zero-order valence-corrected chi connectivity index (χ0v) is 14.8. The van der Waals surface area contributed by atoms with Crippen molar-refractivity contribution in [1.82, 2.24) is 14.1 Å². The number of aromatic nitrogens is 3. The normalized spacial score (nSPS) is 11.0. The number of amides is 1. The van der Waals surface area contributed by atoms with Gasteiger partial charge in [0.2, 0.25) is 0 Å². The zero-order valence-electron chi connectivity index (χ0n) is 14.8. The summed E-state index contributed by atoms with van der Waals surface area (Å²) in [6, 6.07) is 16.0. The van der Waals surface area contributed by atoms with Gasteiger partial charge in [0.1, 0.15) is 0 Å². The molecule has 7 nitrogen and oxygen atoms in total. The molecular formula is C20H16N4O3. The van der Waals surface area contributed by atoms with Crippen molar-refractivity contribution in [2.75, 3.05) is 5.32 Å². The fourth-order valence-corrected chi connectivity index (χ4v) is 3.07. The van der Waals surface area contributed by atoms with Gasteiger partial charge in [0.25, 0.3) is 11.5 Å². The SMILES string of the molecule is Cn1c(=O)nc2n(C)c3cc(NC(=O)c4ccccc4)ccc3cc-2c1=O. The molecule has 0 aliphatic carbocycles. The molecule has 0 fully saturated rings.